The van der Waals surface area contributed by atoms with Gasteiger partial charge in [0.1, 0.15) is 0 Å². The van der Waals surface area contributed by atoms with Crippen molar-refractivity contribution in [2.45, 2.75) is 83.8 Å². The second-order valence-corrected chi connectivity index (χ2v) is 10.9. The van der Waals surface area contributed by atoms with E-state index >= 15 is 0 Å². The summed E-state index contributed by atoms with van der Waals surface area (Å²) >= 11 is 0. The number of hydrogen-bond donors (Lipinski definition) is 1. The number of fused-ring (bicyclic) bond motifs is 5. The van der Waals surface area contributed by atoms with E-state index in [1.54, 1.807) is 0 Å². The summed E-state index contributed by atoms with van der Waals surface area (Å²) in [5.74, 6) is 3.39. The van der Waals surface area contributed by atoms with Gasteiger partial charge in [0, 0.05) is 6.21 Å². The van der Waals surface area contributed by atoms with Crippen LogP contribution in [0.3, 0.4) is 0 Å². The normalized spacial score (nSPS) is 48.1. The van der Waals surface area contributed by atoms with Gasteiger partial charge in [-0.3, -0.25) is 4.99 Å². The van der Waals surface area contributed by atoms with E-state index in [-0.39, 0.29) is 6.10 Å². The highest BCUT2D eigenvalue weighted by atomic mass is 16.3. The van der Waals surface area contributed by atoms with Gasteiger partial charge in [-0.1, -0.05) is 44.2 Å². The highest BCUT2D eigenvalue weighted by molar-refractivity contribution is 5.79. The lowest BCUT2D eigenvalue weighted by atomic mass is 9.45. The lowest BCUT2D eigenvalue weighted by molar-refractivity contribution is -0.122. The van der Waals surface area contributed by atoms with E-state index in [1.165, 1.54) is 50.5 Å². The Labute approximate surface area is 170 Å². The van der Waals surface area contributed by atoms with Gasteiger partial charge in [-0.2, -0.15) is 0 Å². The number of rotatable bonds is 2. The van der Waals surface area contributed by atoms with Crippen LogP contribution in [0.2, 0.25) is 0 Å². The van der Waals surface area contributed by atoms with Crippen LogP contribution in [0, 0.1) is 34.5 Å². The molecule has 5 rings (SSSR count). The van der Waals surface area contributed by atoms with Crippen LogP contribution in [-0.4, -0.2) is 23.5 Å². The fourth-order valence-corrected chi connectivity index (χ4v) is 8.17. The maximum Gasteiger partial charge on any atom is 0.0556 e. The van der Waals surface area contributed by atoms with Crippen LogP contribution in [0.15, 0.2) is 35.3 Å². The summed E-state index contributed by atoms with van der Waals surface area (Å²) in [4.78, 5) is 5.14. The highest BCUT2D eigenvalue weighted by Crippen LogP contribution is 2.66. The molecular formula is C26H37NO. The van der Waals surface area contributed by atoms with Crippen molar-refractivity contribution in [3.63, 3.8) is 0 Å². The van der Waals surface area contributed by atoms with Crippen molar-refractivity contribution < 1.29 is 5.11 Å². The predicted molar refractivity (Wildman–Crippen MR) is 116 cm³/mol. The van der Waals surface area contributed by atoms with Gasteiger partial charge in [0.25, 0.3) is 0 Å². The Morgan fingerprint density at radius 1 is 0.893 bits per heavy atom. The summed E-state index contributed by atoms with van der Waals surface area (Å²) in [6.45, 7) is 5.15. The molecule has 4 fully saturated rings. The minimum atomic E-state index is -0.0355. The minimum Gasteiger partial charge on any atom is -0.393 e. The maximum absolute atomic E-state index is 10.2. The van der Waals surface area contributed by atoms with Crippen molar-refractivity contribution in [1.82, 2.24) is 0 Å². The molecular weight excluding hydrogens is 342 g/mol. The van der Waals surface area contributed by atoms with Gasteiger partial charge in [0.2, 0.25) is 0 Å². The predicted octanol–water partition coefficient (Wildman–Crippen LogP) is 5.88. The van der Waals surface area contributed by atoms with E-state index in [0.717, 1.165) is 36.5 Å². The van der Waals surface area contributed by atoms with Crippen molar-refractivity contribution in [2.24, 2.45) is 39.5 Å². The van der Waals surface area contributed by atoms with Gasteiger partial charge in [-0.05, 0) is 97.9 Å². The van der Waals surface area contributed by atoms with E-state index in [9.17, 15) is 5.11 Å². The molecule has 0 saturated heterocycles. The molecule has 0 amide bonds. The average Bonchev–Trinajstić information content (AvgIpc) is 3.04. The largest absolute Gasteiger partial charge is 0.393 e. The van der Waals surface area contributed by atoms with Crippen LogP contribution >= 0.6 is 0 Å². The average molecular weight is 380 g/mol. The van der Waals surface area contributed by atoms with Gasteiger partial charge in [0.05, 0.1) is 12.1 Å². The Kier molecular flexibility index (Phi) is 4.69. The molecule has 0 aliphatic heterocycles. The van der Waals surface area contributed by atoms with Crippen molar-refractivity contribution in [3.8, 4) is 0 Å². The van der Waals surface area contributed by atoms with Crippen molar-refractivity contribution in [1.29, 1.82) is 0 Å². The molecule has 2 nitrogen and oxygen atoms in total. The summed E-state index contributed by atoms with van der Waals surface area (Å²) in [5.41, 5.74) is 2.11. The van der Waals surface area contributed by atoms with Crippen LogP contribution in [0.25, 0.3) is 0 Å². The van der Waals surface area contributed by atoms with Crippen LogP contribution < -0.4 is 0 Å². The molecule has 4 aliphatic carbocycles. The second kappa shape index (κ2) is 6.97. The fourth-order valence-electron chi connectivity index (χ4n) is 8.17. The number of hydrogen-bond acceptors (Lipinski definition) is 2. The number of aliphatic hydroxyl groups excluding tert-OH is 1. The Hall–Kier alpha value is -1.15. The van der Waals surface area contributed by atoms with Crippen molar-refractivity contribution in [2.75, 3.05) is 0 Å². The van der Waals surface area contributed by atoms with Crippen LogP contribution in [0.1, 0.15) is 77.2 Å². The van der Waals surface area contributed by atoms with E-state index in [2.05, 4.69) is 50.4 Å². The van der Waals surface area contributed by atoms with Crippen LogP contribution in [0.5, 0.6) is 0 Å². The van der Waals surface area contributed by atoms with E-state index in [0.29, 0.717) is 16.9 Å². The fraction of sp³-hybridized carbons (Fsp3) is 0.731. The van der Waals surface area contributed by atoms with Gasteiger partial charge >= 0.3 is 0 Å². The number of nitrogens with zero attached hydrogens (tertiary/aromatic N) is 1. The summed E-state index contributed by atoms with van der Waals surface area (Å²) in [7, 11) is 0. The first-order chi connectivity index (χ1) is 13.5. The molecule has 28 heavy (non-hydrogen) atoms. The molecule has 2 heteroatoms. The molecule has 0 spiro atoms. The summed E-state index contributed by atoms with van der Waals surface area (Å²) in [6, 6.07) is 11.1. The van der Waals surface area contributed by atoms with Gasteiger partial charge in [-0.15, -0.1) is 0 Å². The zero-order valence-electron chi connectivity index (χ0n) is 17.7. The SMILES string of the molecule is C[C@@]12CC[C@H]3[C@@H](CC[C@H]4C[C@@H](O)CC[C@@]43C)[C@H]1CC[C@@H]2N=Cc1ccccc1. The molecule has 0 heterocycles. The molecule has 152 valence electrons. The third kappa shape index (κ3) is 2.90. The zero-order valence-corrected chi connectivity index (χ0v) is 17.7. The van der Waals surface area contributed by atoms with Crippen LogP contribution in [0.4, 0.5) is 0 Å². The molecule has 1 aromatic carbocycles. The quantitative estimate of drug-likeness (QED) is 0.640. The third-order valence-corrected chi connectivity index (χ3v) is 9.79. The summed E-state index contributed by atoms with van der Waals surface area (Å²) < 4.78 is 0. The number of aliphatic hydroxyl groups is 1. The molecule has 0 unspecified atom stereocenters. The molecule has 1 aromatic rings. The first kappa shape index (κ1) is 18.9. The minimum absolute atomic E-state index is 0.0355. The molecule has 4 saturated carbocycles. The zero-order chi connectivity index (χ0) is 19.4. The number of benzene rings is 1. The lowest BCUT2D eigenvalue weighted by Gasteiger charge is -2.60. The van der Waals surface area contributed by atoms with Crippen molar-refractivity contribution >= 4 is 6.21 Å². The van der Waals surface area contributed by atoms with Gasteiger partial charge in [0.15, 0.2) is 0 Å². The molecule has 0 bridgehead atoms. The van der Waals surface area contributed by atoms with E-state index < -0.39 is 0 Å². The van der Waals surface area contributed by atoms with Crippen LogP contribution in [-0.2, 0) is 0 Å². The Morgan fingerprint density at radius 2 is 1.64 bits per heavy atom. The standard InChI is InChI=1S/C26H37NO/c1-25-14-12-20(28)16-19(25)8-9-21-22-10-11-24(26(22,2)15-13-23(21)25)27-17-18-6-4-3-5-7-18/h3-7,17,19-24,28H,8-16H2,1-2H3/t19-,20-,21-,22+,23-,24-,25-,26+/m0/s1. The van der Waals surface area contributed by atoms with E-state index in [4.69, 9.17) is 4.99 Å². The molecule has 1 N–H and O–H groups in total. The maximum atomic E-state index is 10.2. The first-order valence-corrected chi connectivity index (χ1v) is 11.8. The summed E-state index contributed by atoms with van der Waals surface area (Å²) in [6.07, 6.45) is 13.6. The molecule has 8 atom stereocenters. The van der Waals surface area contributed by atoms with Crippen molar-refractivity contribution in [3.05, 3.63) is 35.9 Å². The second-order valence-electron chi connectivity index (χ2n) is 10.9. The van der Waals surface area contributed by atoms with E-state index in [1.807, 2.05) is 0 Å². The Morgan fingerprint density at radius 3 is 2.46 bits per heavy atom. The number of aliphatic imine (C=N–C) groups is 1. The topological polar surface area (TPSA) is 32.6 Å². The first-order valence-electron chi connectivity index (χ1n) is 11.8. The Bertz CT molecular complexity index is 729. The highest BCUT2D eigenvalue weighted by Gasteiger charge is 2.60. The molecule has 0 radical (unpaired) electrons. The van der Waals surface area contributed by atoms with Gasteiger partial charge in [-0.25, -0.2) is 0 Å². The lowest BCUT2D eigenvalue weighted by Crippen LogP contribution is -2.54. The van der Waals surface area contributed by atoms with Gasteiger partial charge < -0.3 is 5.11 Å². The Balaban J connectivity index is 1.36. The molecule has 4 aliphatic rings. The smallest absolute Gasteiger partial charge is 0.0556 e. The summed E-state index contributed by atoms with van der Waals surface area (Å²) in [5, 5.41) is 10.2. The monoisotopic (exact) mass is 379 g/mol. The molecule has 0 aromatic heterocycles. The third-order valence-electron chi connectivity index (χ3n) is 9.79.